The first kappa shape index (κ1) is 19.4. The number of carboxylic acids is 1. The van der Waals surface area contributed by atoms with Crippen molar-refractivity contribution < 1.29 is 19.4 Å². The van der Waals surface area contributed by atoms with Gasteiger partial charge in [0.1, 0.15) is 0 Å². The van der Waals surface area contributed by atoms with E-state index in [4.69, 9.17) is 14.6 Å². The first-order chi connectivity index (χ1) is 9.70. The molecule has 0 rings (SSSR count). The van der Waals surface area contributed by atoms with Gasteiger partial charge in [-0.05, 0) is 12.8 Å². The van der Waals surface area contributed by atoms with Crippen LogP contribution >= 0.6 is 0 Å². The molecule has 0 amide bonds. The Hall–Kier alpha value is -0.610. The summed E-state index contributed by atoms with van der Waals surface area (Å²) in [6, 6.07) is 0. The lowest BCUT2D eigenvalue weighted by Crippen LogP contribution is -2.20. The first-order valence-corrected chi connectivity index (χ1v) is 8.15. The van der Waals surface area contributed by atoms with E-state index in [-0.39, 0.29) is 12.7 Å². The summed E-state index contributed by atoms with van der Waals surface area (Å²) in [7, 11) is 0. The van der Waals surface area contributed by atoms with Crippen LogP contribution in [0.4, 0.5) is 0 Å². The molecule has 0 aliphatic carbocycles. The van der Waals surface area contributed by atoms with Crippen molar-refractivity contribution in [3.8, 4) is 0 Å². The van der Waals surface area contributed by atoms with E-state index >= 15 is 0 Å². The van der Waals surface area contributed by atoms with Gasteiger partial charge in [0.25, 0.3) is 0 Å². The lowest BCUT2D eigenvalue weighted by atomic mass is 10.2. The molecule has 0 unspecified atom stereocenters. The molecular formula is C16H32O4. The highest BCUT2D eigenvalue weighted by Crippen LogP contribution is 2.09. The number of ether oxygens (including phenoxy) is 2. The van der Waals surface area contributed by atoms with E-state index < -0.39 is 5.97 Å². The molecule has 0 atom stereocenters. The van der Waals surface area contributed by atoms with E-state index in [1.807, 2.05) is 0 Å². The molecule has 20 heavy (non-hydrogen) atoms. The predicted octanol–water partition coefficient (Wildman–Crippen LogP) is 4.37. The molecule has 0 aliphatic rings. The van der Waals surface area contributed by atoms with Crippen LogP contribution in [0, 0.1) is 0 Å². The summed E-state index contributed by atoms with van der Waals surface area (Å²) in [5.41, 5.74) is 0. The van der Waals surface area contributed by atoms with Crippen LogP contribution in [-0.4, -0.2) is 30.6 Å². The summed E-state index contributed by atoms with van der Waals surface area (Å²) in [5.74, 6) is -0.792. The third kappa shape index (κ3) is 13.8. The second-order valence-corrected chi connectivity index (χ2v) is 5.22. The number of aliphatic carboxylic acids is 1. The molecule has 120 valence electrons. The van der Waals surface area contributed by atoms with Crippen molar-refractivity contribution >= 4 is 5.97 Å². The zero-order valence-electron chi connectivity index (χ0n) is 13.2. The molecule has 0 bridgehead atoms. The minimum absolute atomic E-state index is 0.106. The molecule has 0 heterocycles. The summed E-state index contributed by atoms with van der Waals surface area (Å²) in [6.07, 6.45) is 9.43. The monoisotopic (exact) mass is 288 g/mol. The van der Waals surface area contributed by atoms with Gasteiger partial charge in [0, 0.05) is 19.6 Å². The zero-order chi connectivity index (χ0) is 15.1. The van der Waals surface area contributed by atoms with Crippen LogP contribution in [0.15, 0.2) is 0 Å². The first-order valence-electron chi connectivity index (χ1n) is 8.15. The van der Waals surface area contributed by atoms with E-state index in [2.05, 4.69) is 13.8 Å². The Kier molecular flexibility index (Phi) is 14.3. The molecule has 1 N–H and O–H groups in total. The Morgan fingerprint density at radius 2 is 1.40 bits per heavy atom. The van der Waals surface area contributed by atoms with Gasteiger partial charge in [0.2, 0.25) is 0 Å². The maximum absolute atomic E-state index is 10.6. The maximum atomic E-state index is 10.6. The van der Waals surface area contributed by atoms with Crippen molar-refractivity contribution in [2.45, 2.75) is 84.3 Å². The molecule has 4 nitrogen and oxygen atoms in total. The third-order valence-electron chi connectivity index (χ3n) is 3.20. The van der Waals surface area contributed by atoms with Crippen LogP contribution in [0.2, 0.25) is 0 Å². The highest BCUT2D eigenvalue weighted by molar-refractivity contribution is 5.66. The van der Waals surface area contributed by atoms with Gasteiger partial charge in [-0.1, -0.05) is 52.4 Å². The Balaban J connectivity index is 3.73. The summed E-state index contributed by atoms with van der Waals surface area (Å²) in [4.78, 5) is 10.6. The Bertz CT molecular complexity index is 205. The van der Waals surface area contributed by atoms with Crippen molar-refractivity contribution in [2.24, 2.45) is 0 Å². The Morgan fingerprint density at radius 3 is 1.80 bits per heavy atom. The summed E-state index contributed by atoms with van der Waals surface area (Å²) < 4.78 is 11.3. The van der Waals surface area contributed by atoms with Crippen LogP contribution in [0.3, 0.4) is 0 Å². The van der Waals surface area contributed by atoms with E-state index in [0.717, 1.165) is 12.8 Å². The van der Waals surface area contributed by atoms with E-state index in [1.54, 1.807) is 0 Å². The SMILES string of the molecule is CCCCCCOC(CCC(=O)O)OCCCCCC. The fourth-order valence-electron chi connectivity index (χ4n) is 1.94. The fourth-order valence-corrected chi connectivity index (χ4v) is 1.94. The quantitative estimate of drug-likeness (QED) is 0.359. The normalized spacial score (nSPS) is 11.2. The Labute approximate surface area is 123 Å². The minimum atomic E-state index is -0.792. The van der Waals surface area contributed by atoms with Crippen molar-refractivity contribution in [3.05, 3.63) is 0 Å². The van der Waals surface area contributed by atoms with Gasteiger partial charge in [-0.2, -0.15) is 0 Å². The van der Waals surface area contributed by atoms with Gasteiger partial charge >= 0.3 is 5.97 Å². The molecule has 0 saturated heterocycles. The molecule has 0 aromatic carbocycles. The van der Waals surface area contributed by atoms with Gasteiger partial charge < -0.3 is 14.6 Å². The van der Waals surface area contributed by atoms with Gasteiger partial charge in [-0.25, -0.2) is 0 Å². The fraction of sp³-hybridized carbons (Fsp3) is 0.938. The van der Waals surface area contributed by atoms with Crippen molar-refractivity contribution in [3.63, 3.8) is 0 Å². The summed E-state index contributed by atoms with van der Waals surface area (Å²) in [6.45, 7) is 5.68. The van der Waals surface area contributed by atoms with Gasteiger partial charge in [0.05, 0.1) is 6.42 Å². The van der Waals surface area contributed by atoms with E-state index in [0.29, 0.717) is 19.6 Å². The lowest BCUT2D eigenvalue weighted by molar-refractivity contribution is -0.156. The van der Waals surface area contributed by atoms with Crippen LogP contribution in [-0.2, 0) is 14.3 Å². The third-order valence-corrected chi connectivity index (χ3v) is 3.20. The van der Waals surface area contributed by atoms with Crippen molar-refractivity contribution in [2.75, 3.05) is 13.2 Å². The van der Waals surface area contributed by atoms with Crippen LogP contribution in [0.1, 0.15) is 78.1 Å². The van der Waals surface area contributed by atoms with E-state index in [1.165, 1.54) is 38.5 Å². The Morgan fingerprint density at radius 1 is 0.900 bits per heavy atom. The second-order valence-electron chi connectivity index (χ2n) is 5.22. The molecule has 0 fully saturated rings. The molecule has 0 spiro atoms. The number of hydrogen-bond acceptors (Lipinski definition) is 3. The molecule has 0 aromatic rings. The van der Waals surface area contributed by atoms with Crippen LogP contribution in [0.25, 0.3) is 0 Å². The molecule has 4 heteroatoms. The predicted molar refractivity (Wildman–Crippen MR) is 80.8 cm³/mol. The lowest BCUT2D eigenvalue weighted by Gasteiger charge is -2.18. The van der Waals surface area contributed by atoms with Gasteiger partial charge in [-0.15, -0.1) is 0 Å². The van der Waals surface area contributed by atoms with Crippen molar-refractivity contribution in [1.29, 1.82) is 0 Å². The number of unbranched alkanes of at least 4 members (excludes halogenated alkanes) is 6. The molecule has 0 radical (unpaired) electrons. The average molecular weight is 288 g/mol. The highest BCUT2D eigenvalue weighted by atomic mass is 16.7. The second kappa shape index (κ2) is 14.8. The zero-order valence-corrected chi connectivity index (χ0v) is 13.2. The number of carboxylic acid groups (broad SMARTS) is 1. The van der Waals surface area contributed by atoms with Gasteiger partial charge in [0.15, 0.2) is 6.29 Å². The number of carbonyl (C=O) groups is 1. The van der Waals surface area contributed by atoms with Crippen molar-refractivity contribution in [1.82, 2.24) is 0 Å². The highest BCUT2D eigenvalue weighted by Gasteiger charge is 2.11. The number of rotatable bonds is 15. The summed E-state index contributed by atoms with van der Waals surface area (Å²) >= 11 is 0. The standard InChI is InChI=1S/C16H32O4/c1-3-5-7-9-13-19-16(12-11-15(17)18)20-14-10-8-6-4-2/h16H,3-14H2,1-2H3,(H,17,18). The topological polar surface area (TPSA) is 55.8 Å². The average Bonchev–Trinajstić information content (AvgIpc) is 2.43. The van der Waals surface area contributed by atoms with E-state index in [9.17, 15) is 4.79 Å². The smallest absolute Gasteiger partial charge is 0.303 e. The maximum Gasteiger partial charge on any atom is 0.303 e. The largest absolute Gasteiger partial charge is 0.481 e. The number of hydrogen-bond donors (Lipinski definition) is 1. The minimum Gasteiger partial charge on any atom is -0.481 e. The van der Waals surface area contributed by atoms with Crippen LogP contribution < -0.4 is 0 Å². The molecule has 0 aromatic heterocycles. The molecule has 0 aliphatic heterocycles. The molecular weight excluding hydrogens is 256 g/mol. The van der Waals surface area contributed by atoms with Crippen LogP contribution in [0.5, 0.6) is 0 Å². The van der Waals surface area contributed by atoms with Gasteiger partial charge in [-0.3, -0.25) is 4.79 Å². The summed E-state index contributed by atoms with van der Waals surface area (Å²) in [5, 5.41) is 8.73. The molecule has 0 saturated carbocycles.